The Balaban J connectivity index is 1.43. The van der Waals surface area contributed by atoms with E-state index in [4.69, 9.17) is 10.5 Å². The SMILES string of the molecule is CNC1CCN(C(C)CCC(C)N2CCC(N)C(C3COC(C(C)C)CN3)C2)CC1. The van der Waals surface area contributed by atoms with E-state index in [0.717, 1.165) is 38.7 Å². The fourth-order valence-corrected chi connectivity index (χ4v) is 5.64. The van der Waals surface area contributed by atoms with Gasteiger partial charge in [0.25, 0.3) is 0 Å². The number of piperidine rings is 2. The second-order valence-electron chi connectivity index (χ2n) is 10.6. The molecule has 6 unspecified atom stereocenters. The molecule has 0 aromatic carbocycles. The third kappa shape index (κ3) is 6.39. The van der Waals surface area contributed by atoms with E-state index in [2.05, 4.69) is 55.2 Å². The van der Waals surface area contributed by atoms with Gasteiger partial charge in [-0.15, -0.1) is 0 Å². The molecule has 0 radical (unpaired) electrons. The van der Waals surface area contributed by atoms with E-state index < -0.39 is 0 Å². The van der Waals surface area contributed by atoms with Crippen LogP contribution in [0.15, 0.2) is 0 Å². The first kappa shape index (κ1) is 24.4. The highest BCUT2D eigenvalue weighted by atomic mass is 16.5. The van der Waals surface area contributed by atoms with Crippen LogP contribution in [0, 0.1) is 11.8 Å². The zero-order valence-corrected chi connectivity index (χ0v) is 20.3. The van der Waals surface area contributed by atoms with E-state index in [1.807, 2.05) is 0 Å². The van der Waals surface area contributed by atoms with Crippen molar-refractivity contribution >= 4 is 0 Å². The van der Waals surface area contributed by atoms with E-state index in [9.17, 15) is 0 Å². The highest BCUT2D eigenvalue weighted by molar-refractivity contribution is 4.94. The van der Waals surface area contributed by atoms with Gasteiger partial charge in [-0.3, -0.25) is 0 Å². The Bertz CT molecular complexity index is 488. The van der Waals surface area contributed by atoms with Crippen molar-refractivity contribution in [3.63, 3.8) is 0 Å². The summed E-state index contributed by atoms with van der Waals surface area (Å²) in [5.41, 5.74) is 6.57. The van der Waals surface area contributed by atoms with Gasteiger partial charge in [0.1, 0.15) is 0 Å². The number of rotatable bonds is 8. The van der Waals surface area contributed by atoms with Gasteiger partial charge in [-0.1, -0.05) is 13.8 Å². The third-order valence-corrected chi connectivity index (χ3v) is 8.26. The van der Waals surface area contributed by atoms with Crippen LogP contribution in [-0.2, 0) is 4.74 Å². The third-order valence-electron chi connectivity index (χ3n) is 8.26. The highest BCUT2D eigenvalue weighted by Gasteiger charge is 2.37. The molecular formula is C24H49N5O. The van der Waals surface area contributed by atoms with Gasteiger partial charge in [0.15, 0.2) is 0 Å². The van der Waals surface area contributed by atoms with Crippen molar-refractivity contribution < 1.29 is 4.74 Å². The first-order valence-corrected chi connectivity index (χ1v) is 12.6. The Kier molecular flexibility index (Phi) is 9.41. The fraction of sp³-hybridized carbons (Fsp3) is 1.00. The quantitative estimate of drug-likeness (QED) is 0.554. The molecule has 0 spiro atoms. The van der Waals surface area contributed by atoms with E-state index >= 15 is 0 Å². The van der Waals surface area contributed by atoms with Crippen molar-refractivity contribution in [2.45, 2.75) is 96.1 Å². The Hall–Kier alpha value is -0.240. The summed E-state index contributed by atoms with van der Waals surface area (Å²) in [6.45, 7) is 15.8. The summed E-state index contributed by atoms with van der Waals surface area (Å²) in [5.74, 6) is 1.06. The summed E-state index contributed by atoms with van der Waals surface area (Å²) in [4.78, 5) is 5.40. The van der Waals surface area contributed by atoms with Crippen LogP contribution in [0.4, 0.5) is 0 Å². The van der Waals surface area contributed by atoms with Crippen molar-refractivity contribution in [1.29, 1.82) is 0 Å². The molecule has 3 aliphatic heterocycles. The molecule has 6 nitrogen and oxygen atoms in total. The maximum atomic E-state index is 6.57. The minimum Gasteiger partial charge on any atom is -0.375 e. The van der Waals surface area contributed by atoms with E-state index in [0.29, 0.717) is 36.1 Å². The van der Waals surface area contributed by atoms with Crippen LogP contribution in [0.5, 0.6) is 0 Å². The van der Waals surface area contributed by atoms with Gasteiger partial charge in [0.2, 0.25) is 0 Å². The second kappa shape index (κ2) is 11.6. The van der Waals surface area contributed by atoms with Crippen LogP contribution in [0.1, 0.15) is 59.8 Å². The average Bonchev–Trinajstić information content (AvgIpc) is 2.77. The Morgan fingerprint density at radius 3 is 2.20 bits per heavy atom. The molecule has 0 aliphatic carbocycles. The van der Waals surface area contributed by atoms with Crippen LogP contribution in [0.2, 0.25) is 0 Å². The number of nitrogens with two attached hydrogens (primary N) is 1. The van der Waals surface area contributed by atoms with Gasteiger partial charge in [-0.25, -0.2) is 0 Å². The van der Waals surface area contributed by atoms with Crippen molar-refractivity contribution in [3.05, 3.63) is 0 Å². The van der Waals surface area contributed by atoms with Crippen LogP contribution < -0.4 is 16.4 Å². The van der Waals surface area contributed by atoms with Gasteiger partial charge in [-0.2, -0.15) is 0 Å². The number of nitrogens with one attached hydrogen (secondary N) is 2. The predicted octanol–water partition coefficient (Wildman–Crippen LogP) is 1.89. The van der Waals surface area contributed by atoms with Crippen LogP contribution in [-0.4, -0.2) is 92.5 Å². The summed E-state index contributed by atoms with van der Waals surface area (Å²) in [7, 11) is 2.10. The lowest BCUT2D eigenvalue weighted by Crippen LogP contribution is -2.61. The van der Waals surface area contributed by atoms with Gasteiger partial charge < -0.3 is 30.9 Å². The first-order chi connectivity index (χ1) is 14.4. The van der Waals surface area contributed by atoms with E-state index in [1.165, 1.54) is 38.8 Å². The number of morpholine rings is 1. The molecule has 3 saturated heterocycles. The zero-order chi connectivity index (χ0) is 21.7. The van der Waals surface area contributed by atoms with Crippen LogP contribution in [0.3, 0.4) is 0 Å². The van der Waals surface area contributed by atoms with E-state index in [-0.39, 0.29) is 6.04 Å². The molecule has 0 bridgehead atoms. The Labute approximate surface area is 185 Å². The minimum atomic E-state index is 0.289. The molecule has 0 saturated carbocycles. The summed E-state index contributed by atoms with van der Waals surface area (Å²) in [6, 6.07) is 2.73. The van der Waals surface area contributed by atoms with Gasteiger partial charge in [0.05, 0.1) is 12.7 Å². The molecule has 0 aromatic rings. The van der Waals surface area contributed by atoms with E-state index in [1.54, 1.807) is 0 Å². The van der Waals surface area contributed by atoms with Crippen molar-refractivity contribution in [2.75, 3.05) is 46.4 Å². The predicted molar refractivity (Wildman–Crippen MR) is 126 cm³/mol. The lowest BCUT2D eigenvalue weighted by atomic mass is 9.84. The van der Waals surface area contributed by atoms with Crippen molar-refractivity contribution in [3.8, 4) is 0 Å². The summed E-state index contributed by atoms with van der Waals surface area (Å²) in [5, 5.41) is 7.21. The molecule has 3 rings (SSSR count). The number of nitrogens with zero attached hydrogens (tertiary/aromatic N) is 2. The molecule has 4 N–H and O–H groups in total. The van der Waals surface area contributed by atoms with Crippen molar-refractivity contribution in [1.82, 2.24) is 20.4 Å². The summed E-state index contributed by atoms with van der Waals surface area (Å²) >= 11 is 0. The first-order valence-electron chi connectivity index (χ1n) is 12.6. The standard InChI is InChI=1S/C24H49N5O/c1-17(2)24-14-27-23(16-30-24)21-15-29(13-10-22(21)25)19(4)7-6-18(3)28-11-8-20(26-5)9-12-28/h17-24,26-27H,6-16,25H2,1-5H3. The molecule has 0 aromatic heterocycles. The van der Waals surface area contributed by atoms with Gasteiger partial charge >= 0.3 is 0 Å². The fourth-order valence-electron chi connectivity index (χ4n) is 5.64. The van der Waals surface area contributed by atoms with Gasteiger partial charge in [0, 0.05) is 49.2 Å². The molecule has 3 heterocycles. The second-order valence-corrected chi connectivity index (χ2v) is 10.6. The smallest absolute Gasteiger partial charge is 0.0723 e. The Morgan fingerprint density at radius 2 is 1.63 bits per heavy atom. The summed E-state index contributed by atoms with van der Waals surface area (Å²) in [6.07, 6.45) is 6.59. The normalized spacial score (nSPS) is 34.9. The lowest BCUT2D eigenvalue weighted by molar-refractivity contribution is -0.0447. The van der Waals surface area contributed by atoms with Crippen LogP contribution in [0.25, 0.3) is 0 Å². The number of hydrogen-bond donors (Lipinski definition) is 3. The molecule has 30 heavy (non-hydrogen) atoms. The van der Waals surface area contributed by atoms with Crippen molar-refractivity contribution in [2.24, 2.45) is 17.6 Å². The monoisotopic (exact) mass is 423 g/mol. The minimum absolute atomic E-state index is 0.289. The molecule has 6 heteroatoms. The number of hydrogen-bond acceptors (Lipinski definition) is 6. The lowest BCUT2D eigenvalue weighted by Gasteiger charge is -2.45. The maximum absolute atomic E-state index is 6.57. The largest absolute Gasteiger partial charge is 0.375 e. The zero-order valence-electron chi connectivity index (χ0n) is 20.3. The molecule has 176 valence electrons. The number of ether oxygens (including phenoxy) is 1. The molecule has 0 amide bonds. The molecule has 3 aliphatic rings. The topological polar surface area (TPSA) is 65.8 Å². The highest BCUT2D eigenvalue weighted by Crippen LogP contribution is 2.26. The maximum Gasteiger partial charge on any atom is 0.0723 e. The molecular weight excluding hydrogens is 374 g/mol. The Morgan fingerprint density at radius 1 is 1.00 bits per heavy atom. The molecule has 3 fully saturated rings. The van der Waals surface area contributed by atoms with Crippen LogP contribution >= 0.6 is 0 Å². The van der Waals surface area contributed by atoms with Gasteiger partial charge in [-0.05, 0) is 78.6 Å². The average molecular weight is 424 g/mol. The number of likely N-dealkylation sites (tertiary alicyclic amines) is 2. The summed E-state index contributed by atoms with van der Waals surface area (Å²) < 4.78 is 6.16. The molecule has 6 atom stereocenters.